The van der Waals surface area contributed by atoms with Crippen molar-refractivity contribution in [3.8, 4) is 0 Å². The van der Waals surface area contributed by atoms with E-state index in [1.54, 1.807) is 0 Å². The van der Waals surface area contributed by atoms with Crippen LogP contribution in [0.4, 0.5) is 11.4 Å². The van der Waals surface area contributed by atoms with Gasteiger partial charge in [-0.25, -0.2) is 0 Å². The molecule has 1 aliphatic rings. The fraction of sp³-hybridized carbons (Fsp3) is 0.353. The molecule has 21 heavy (non-hydrogen) atoms. The molecule has 1 saturated carbocycles. The summed E-state index contributed by atoms with van der Waals surface area (Å²) in [5, 5.41) is 6.40. The Bertz CT molecular complexity index is 631. The zero-order valence-electron chi connectivity index (χ0n) is 12.2. The number of carbonyl (C=O) groups excluding carboxylic acids is 1. The number of nitrogens with one attached hydrogen (secondary N) is 2. The number of carbonyl (C=O) groups is 1. The quantitative estimate of drug-likeness (QED) is 0.836. The lowest BCUT2D eigenvalue weighted by Gasteiger charge is -2.08. The third-order valence-electron chi connectivity index (χ3n) is 3.61. The summed E-state index contributed by atoms with van der Waals surface area (Å²) in [4.78, 5) is 14.5. The Kier molecular flexibility index (Phi) is 4.25. The highest BCUT2D eigenvalue weighted by molar-refractivity contribution is 7.12. The minimum absolute atomic E-state index is 0.151. The van der Waals surface area contributed by atoms with Gasteiger partial charge in [-0.05, 0) is 49.6 Å². The van der Waals surface area contributed by atoms with Crippen molar-refractivity contribution >= 4 is 28.6 Å². The van der Waals surface area contributed by atoms with Gasteiger partial charge < -0.3 is 10.6 Å². The molecule has 0 spiro atoms. The van der Waals surface area contributed by atoms with E-state index in [9.17, 15) is 4.79 Å². The standard InChI is InChI=1S/C17H20N2OS/c1-2-15-8-9-16(21-15)11-18-13-4-3-5-14(10-13)19-17(20)12-6-7-12/h3-5,8-10,12,18H,2,6-7,11H2,1H3,(H,19,20). The summed E-state index contributed by atoms with van der Waals surface area (Å²) >= 11 is 1.85. The van der Waals surface area contributed by atoms with Gasteiger partial charge in [0.2, 0.25) is 5.91 Å². The predicted octanol–water partition coefficient (Wildman–Crippen LogP) is 4.27. The minimum Gasteiger partial charge on any atom is -0.380 e. The Morgan fingerprint density at radius 3 is 2.67 bits per heavy atom. The van der Waals surface area contributed by atoms with Crippen LogP contribution in [0, 0.1) is 5.92 Å². The number of hydrogen-bond acceptors (Lipinski definition) is 3. The van der Waals surface area contributed by atoms with E-state index in [2.05, 4.69) is 29.7 Å². The summed E-state index contributed by atoms with van der Waals surface area (Å²) in [6.45, 7) is 3.00. The van der Waals surface area contributed by atoms with Gasteiger partial charge in [-0.1, -0.05) is 13.0 Å². The molecule has 3 nitrogen and oxygen atoms in total. The molecule has 0 radical (unpaired) electrons. The van der Waals surface area contributed by atoms with Crippen molar-refractivity contribution in [2.24, 2.45) is 5.92 Å². The normalized spacial score (nSPS) is 14.0. The van der Waals surface area contributed by atoms with Crippen LogP contribution in [0.2, 0.25) is 0 Å². The molecule has 110 valence electrons. The third kappa shape index (κ3) is 3.85. The van der Waals surface area contributed by atoms with Crippen LogP contribution in [0.3, 0.4) is 0 Å². The number of thiophene rings is 1. The molecular formula is C17H20N2OS. The SMILES string of the molecule is CCc1ccc(CNc2cccc(NC(=O)C3CC3)c2)s1. The summed E-state index contributed by atoms with van der Waals surface area (Å²) in [6.07, 6.45) is 3.15. The van der Waals surface area contributed by atoms with Crippen molar-refractivity contribution in [3.63, 3.8) is 0 Å². The highest BCUT2D eigenvalue weighted by Crippen LogP contribution is 2.30. The first-order chi connectivity index (χ1) is 10.2. The van der Waals surface area contributed by atoms with Gasteiger partial charge in [0.25, 0.3) is 0 Å². The summed E-state index contributed by atoms with van der Waals surface area (Å²) in [6, 6.07) is 12.3. The molecule has 1 aromatic carbocycles. The van der Waals surface area contributed by atoms with Gasteiger partial charge in [0.15, 0.2) is 0 Å². The van der Waals surface area contributed by atoms with Crippen LogP contribution in [0.5, 0.6) is 0 Å². The minimum atomic E-state index is 0.151. The topological polar surface area (TPSA) is 41.1 Å². The van der Waals surface area contributed by atoms with E-state index in [0.717, 1.165) is 37.2 Å². The lowest BCUT2D eigenvalue weighted by molar-refractivity contribution is -0.117. The van der Waals surface area contributed by atoms with Crippen molar-refractivity contribution in [2.45, 2.75) is 32.7 Å². The van der Waals surface area contributed by atoms with Gasteiger partial charge in [-0.2, -0.15) is 0 Å². The summed E-state index contributed by atoms with van der Waals surface area (Å²) < 4.78 is 0. The monoisotopic (exact) mass is 300 g/mol. The largest absolute Gasteiger partial charge is 0.380 e. The van der Waals surface area contributed by atoms with Crippen molar-refractivity contribution in [3.05, 3.63) is 46.2 Å². The summed E-state index contributed by atoms with van der Waals surface area (Å²) in [5.41, 5.74) is 1.91. The molecule has 1 heterocycles. The van der Waals surface area contributed by atoms with Gasteiger partial charge in [0, 0.05) is 33.6 Å². The summed E-state index contributed by atoms with van der Waals surface area (Å²) in [7, 11) is 0. The first kappa shape index (κ1) is 14.1. The van der Waals surface area contributed by atoms with E-state index >= 15 is 0 Å². The third-order valence-corrected chi connectivity index (χ3v) is 4.84. The average molecular weight is 300 g/mol. The molecule has 3 rings (SSSR count). The first-order valence-electron chi connectivity index (χ1n) is 7.47. The molecular weight excluding hydrogens is 280 g/mol. The average Bonchev–Trinajstić information content (AvgIpc) is 3.25. The number of aryl methyl sites for hydroxylation is 1. The van der Waals surface area contributed by atoms with Gasteiger partial charge in [-0.3, -0.25) is 4.79 Å². The van der Waals surface area contributed by atoms with Crippen LogP contribution < -0.4 is 10.6 Å². The van der Waals surface area contributed by atoms with Gasteiger partial charge in [-0.15, -0.1) is 11.3 Å². The maximum Gasteiger partial charge on any atom is 0.227 e. The number of benzene rings is 1. The Hall–Kier alpha value is -1.81. The molecule has 1 aromatic heterocycles. The lowest BCUT2D eigenvalue weighted by Crippen LogP contribution is -2.13. The van der Waals surface area contributed by atoms with Crippen molar-refractivity contribution < 1.29 is 4.79 Å². The molecule has 2 aromatic rings. The second-order valence-electron chi connectivity index (χ2n) is 5.42. The summed E-state index contributed by atoms with van der Waals surface area (Å²) in [5.74, 6) is 0.387. The Labute approximate surface area is 129 Å². The smallest absolute Gasteiger partial charge is 0.227 e. The number of hydrogen-bond donors (Lipinski definition) is 2. The van der Waals surface area contributed by atoms with E-state index in [0.29, 0.717) is 0 Å². The fourth-order valence-electron chi connectivity index (χ4n) is 2.19. The number of rotatable bonds is 6. The van der Waals surface area contributed by atoms with E-state index < -0.39 is 0 Å². The maximum absolute atomic E-state index is 11.8. The molecule has 0 bridgehead atoms. The maximum atomic E-state index is 11.8. The van der Waals surface area contributed by atoms with E-state index in [4.69, 9.17) is 0 Å². The number of anilines is 2. The zero-order valence-corrected chi connectivity index (χ0v) is 13.0. The molecule has 4 heteroatoms. The van der Waals surface area contributed by atoms with Gasteiger partial charge in [0.05, 0.1) is 0 Å². The van der Waals surface area contributed by atoms with E-state index in [1.807, 2.05) is 35.6 Å². The predicted molar refractivity (Wildman–Crippen MR) is 88.8 cm³/mol. The Morgan fingerprint density at radius 1 is 1.19 bits per heavy atom. The number of amides is 1. The second kappa shape index (κ2) is 6.31. The van der Waals surface area contributed by atoms with Crippen LogP contribution in [-0.4, -0.2) is 5.91 Å². The van der Waals surface area contributed by atoms with Crippen LogP contribution in [0.1, 0.15) is 29.5 Å². The molecule has 0 atom stereocenters. The molecule has 1 aliphatic carbocycles. The van der Waals surface area contributed by atoms with E-state index in [-0.39, 0.29) is 11.8 Å². The molecule has 0 saturated heterocycles. The zero-order chi connectivity index (χ0) is 14.7. The Balaban J connectivity index is 1.58. The van der Waals surface area contributed by atoms with Gasteiger partial charge in [0.1, 0.15) is 0 Å². The molecule has 0 aliphatic heterocycles. The highest BCUT2D eigenvalue weighted by atomic mass is 32.1. The van der Waals surface area contributed by atoms with Crippen LogP contribution in [0.15, 0.2) is 36.4 Å². The molecule has 0 unspecified atom stereocenters. The van der Waals surface area contributed by atoms with Crippen LogP contribution in [-0.2, 0) is 17.8 Å². The first-order valence-corrected chi connectivity index (χ1v) is 8.28. The lowest BCUT2D eigenvalue weighted by atomic mass is 10.2. The van der Waals surface area contributed by atoms with E-state index in [1.165, 1.54) is 9.75 Å². The van der Waals surface area contributed by atoms with Crippen LogP contribution >= 0.6 is 11.3 Å². The fourth-order valence-corrected chi connectivity index (χ4v) is 3.09. The molecule has 1 amide bonds. The van der Waals surface area contributed by atoms with Crippen molar-refractivity contribution in [1.29, 1.82) is 0 Å². The Morgan fingerprint density at radius 2 is 1.95 bits per heavy atom. The van der Waals surface area contributed by atoms with Crippen molar-refractivity contribution in [1.82, 2.24) is 0 Å². The van der Waals surface area contributed by atoms with Crippen molar-refractivity contribution in [2.75, 3.05) is 10.6 Å². The molecule has 1 fully saturated rings. The van der Waals surface area contributed by atoms with Gasteiger partial charge >= 0.3 is 0 Å². The highest BCUT2D eigenvalue weighted by Gasteiger charge is 2.29. The molecule has 2 N–H and O–H groups in total. The second-order valence-corrected chi connectivity index (χ2v) is 6.67. The van der Waals surface area contributed by atoms with Crippen LogP contribution in [0.25, 0.3) is 0 Å².